The number of anilines is 1. The lowest BCUT2D eigenvalue weighted by molar-refractivity contribution is -0.121. The molecule has 1 atom stereocenters. The monoisotopic (exact) mass is 509 g/mol. The molecule has 1 aliphatic heterocycles. The number of fused-ring (bicyclic) bond motifs is 1. The highest BCUT2D eigenvalue weighted by Crippen LogP contribution is 2.31. The van der Waals surface area contributed by atoms with Gasteiger partial charge in [0.25, 0.3) is 0 Å². The van der Waals surface area contributed by atoms with Crippen LogP contribution in [0.3, 0.4) is 0 Å². The number of rotatable bonds is 11. The number of hydrogen-bond donors (Lipinski definition) is 1. The number of benzene rings is 2. The second kappa shape index (κ2) is 13.0. The highest BCUT2D eigenvalue weighted by molar-refractivity contribution is 6.33. The number of nitrogens with zero attached hydrogens (tertiary/aromatic N) is 4. The maximum Gasteiger partial charge on any atom is 0.221 e. The van der Waals surface area contributed by atoms with E-state index < -0.39 is 0 Å². The maximum atomic E-state index is 12.7. The summed E-state index contributed by atoms with van der Waals surface area (Å²) in [5.74, 6) is 1.50. The minimum atomic E-state index is 0.0622. The van der Waals surface area contributed by atoms with Crippen molar-refractivity contribution in [1.82, 2.24) is 20.2 Å². The average molecular weight is 510 g/mol. The van der Waals surface area contributed by atoms with Crippen molar-refractivity contribution in [2.75, 3.05) is 50.8 Å². The SMILES string of the molecule is CCC(C)NC(=O)CCN(CCCN1CCOCC1)c1nc(-c2ccccc2Cl)nc2ccccc12. The van der Waals surface area contributed by atoms with Gasteiger partial charge in [0.2, 0.25) is 5.91 Å². The van der Waals surface area contributed by atoms with Gasteiger partial charge in [0.1, 0.15) is 5.82 Å². The van der Waals surface area contributed by atoms with E-state index in [1.807, 2.05) is 49.4 Å². The molecule has 1 fully saturated rings. The highest BCUT2D eigenvalue weighted by atomic mass is 35.5. The molecule has 0 saturated carbocycles. The number of halogens is 1. The summed E-state index contributed by atoms with van der Waals surface area (Å²) in [5.41, 5.74) is 1.66. The number of morpholine rings is 1. The van der Waals surface area contributed by atoms with Gasteiger partial charge in [0.15, 0.2) is 5.82 Å². The van der Waals surface area contributed by atoms with Crippen LogP contribution in [0.2, 0.25) is 5.02 Å². The first kappa shape index (κ1) is 26.3. The molecule has 1 amide bonds. The largest absolute Gasteiger partial charge is 0.379 e. The van der Waals surface area contributed by atoms with Crippen LogP contribution in [0.5, 0.6) is 0 Å². The number of nitrogens with one attached hydrogen (secondary N) is 1. The normalized spacial score (nSPS) is 15.1. The highest BCUT2D eigenvalue weighted by Gasteiger charge is 2.19. The molecule has 7 nitrogen and oxygen atoms in total. The lowest BCUT2D eigenvalue weighted by Crippen LogP contribution is -2.39. The first-order valence-corrected chi connectivity index (χ1v) is 13.3. The standard InChI is InChI=1S/C28H36ClN5O2/c1-3-21(2)30-26(35)13-16-34(15-8-14-33-17-19-36-20-18-33)28-23-10-5-7-12-25(23)31-27(32-28)22-9-4-6-11-24(22)29/h4-7,9-12,21H,3,8,13-20H2,1-2H3,(H,30,35). The molecule has 1 unspecified atom stereocenters. The van der Waals surface area contributed by atoms with Crippen LogP contribution in [-0.2, 0) is 9.53 Å². The molecule has 8 heteroatoms. The van der Waals surface area contributed by atoms with Crippen LogP contribution >= 0.6 is 11.6 Å². The fourth-order valence-electron chi connectivity index (χ4n) is 4.38. The van der Waals surface area contributed by atoms with Crippen LogP contribution < -0.4 is 10.2 Å². The third kappa shape index (κ3) is 6.93. The van der Waals surface area contributed by atoms with E-state index in [4.69, 9.17) is 26.3 Å². The number of amides is 1. The molecule has 1 N–H and O–H groups in total. The number of ether oxygens (including phenoxy) is 1. The molecule has 36 heavy (non-hydrogen) atoms. The van der Waals surface area contributed by atoms with Crippen molar-refractivity contribution in [3.8, 4) is 11.4 Å². The third-order valence-corrected chi connectivity index (χ3v) is 6.96. The molecule has 192 valence electrons. The molecule has 0 radical (unpaired) electrons. The Hall–Kier alpha value is -2.74. The van der Waals surface area contributed by atoms with Crippen LogP contribution in [0, 0.1) is 0 Å². The Balaban J connectivity index is 1.62. The fourth-order valence-corrected chi connectivity index (χ4v) is 4.60. The van der Waals surface area contributed by atoms with E-state index in [2.05, 4.69) is 28.1 Å². The van der Waals surface area contributed by atoms with Crippen molar-refractivity contribution < 1.29 is 9.53 Å². The number of para-hydroxylation sites is 1. The minimum absolute atomic E-state index is 0.0622. The molecule has 1 aromatic heterocycles. The molecular weight excluding hydrogens is 474 g/mol. The van der Waals surface area contributed by atoms with Gasteiger partial charge in [-0.25, -0.2) is 9.97 Å². The predicted molar refractivity (Wildman–Crippen MR) is 147 cm³/mol. The minimum Gasteiger partial charge on any atom is -0.379 e. The zero-order chi connectivity index (χ0) is 25.3. The van der Waals surface area contributed by atoms with Crippen molar-refractivity contribution >= 4 is 34.2 Å². The molecule has 0 aliphatic carbocycles. The lowest BCUT2D eigenvalue weighted by Gasteiger charge is -2.29. The topological polar surface area (TPSA) is 70.6 Å². The van der Waals surface area contributed by atoms with Crippen molar-refractivity contribution in [1.29, 1.82) is 0 Å². The predicted octanol–water partition coefficient (Wildman–Crippen LogP) is 4.78. The average Bonchev–Trinajstić information content (AvgIpc) is 2.91. The van der Waals surface area contributed by atoms with Crippen molar-refractivity contribution in [3.05, 3.63) is 53.6 Å². The van der Waals surface area contributed by atoms with E-state index in [1.54, 1.807) is 0 Å². The summed E-state index contributed by atoms with van der Waals surface area (Å²) in [6, 6.07) is 15.9. The first-order chi connectivity index (χ1) is 17.5. The molecule has 0 bridgehead atoms. The molecular formula is C28H36ClN5O2. The summed E-state index contributed by atoms with van der Waals surface area (Å²) in [7, 11) is 0. The maximum absolute atomic E-state index is 12.7. The van der Waals surface area contributed by atoms with E-state index in [1.165, 1.54) is 0 Å². The summed E-state index contributed by atoms with van der Waals surface area (Å²) in [5, 5.41) is 4.68. The first-order valence-electron chi connectivity index (χ1n) is 12.9. The molecule has 2 heterocycles. The second-order valence-corrected chi connectivity index (χ2v) is 9.70. The lowest BCUT2D eigenvalue weighted by atomic mass is 10.1. The number of aromatic nitrogens is 2. The van der Waals surface area contributed by atoms with E-state index in [0.717, 1.165) is 74.5 Å². The molecule has 0 spiro atoms. The van der Waals surface area contributed by atoms with Crippen LogP contribution in [-0.4, -0.2) is 72.8 Å². The fraction of sp³-hybridized carbons (Fsp3) is 0.464. The summed E-state index contributed by atoms with van der Waals surface area (Å²) < 4.78 is 5.49. The Bertz CT molecular complexity index is 1150. The Morgan fingerprint density at radius 2 is 1.86 bits per heavy atom. The molecule has 2 aromatic carbocycles. The Labute approximate surface area is 218 Å². The number of carbonyl (C=O) groups is 1. The number of hydrogen-bond acceptors (Lipinski definition) is 6. The Morgan fingerprint density at radius 1 is 1.11 bits per heavy atom. The number of carbonyl (C=O) groups excluding carboxylic acids is 1. The Morgan fingerprint density at radius 3 is 2.64 bits per heavy atom. The smallest absolute Gasteiger partial charge is 0.221 e. The second-order valence-electron chi connectivity index (χ2n) is 9.29. The van der Waals surface area contributed by atoms with Crippen LogP contribution in [0.25, 0.3) is 22.3 Å². The summed E-state index contributed by atoms with van der Waals surface area (Å²) in [6.45, 7) is 9.96. The van der Waals surface area contributed by atoms with Gasteiger partial charge in [0.05, 0.1) is 23.8 Å². The quantitative estimate of drug-likeness (QED) is 0.401. The summed E-state index contributed by atoms with van der Waals surface area (Å²) in [4.78, 5) is 27.2. The van der Waals surface area contributed by atoms with Gasteiger partial charge >= 0.3 is 0 Å². The van der Waals surface area contributed by atoms with Crippen LogP contribution in [0.15, 0.2) is 48.5 Å². The van der Waals surface area contributed by atoms with E-state index in [0.29, 0.717) is 23.8 Å². The summed E-state index contributed by atoms with van der Waals surface area (Å²) in [6.07, 6.45) is 2.28. The van der Waals surface area contributed by atoms with Crippen molar-refractivity contribution in [3.63, 3.8) is 0 Å². The van der Waals surface area contributed by atoms with Gasteiger partial charge in [-0.2, -0.15) is 0 Å². The van der Waals surface area contributed by atoms with Crippen molar-refractivity contribution in [2.24, 2.45) is 0 Å². The third-order valence-electron chi connectivity index (χ3n) is 6.63. The van der Waals surface area contributed by atoms with Gasteiger partial charge in [-0.05, 0) is 44.0 Å². The van der Waals surface area contributed by atoms with Crippen LogP contribution in [0.1, 0.15) is 33.1 Å². The van der Waals surface area contributed by atoms with E-state index >= 15 is 0 Å². The molecule has 4 rings (SSSR count). The van der Waals surface area contributed by atoms with Gasteiger partial charge in [-0.1, -0.05) is 42.8 Å². The van der Waals surface area contributed by atoms with E-state index in [9.17, 15) is 4.79 Å². The molecule has 1 saturated heterocycles. The zero-order valence-electron chi connectivity index (χ0n) is 21.3. The van der Waals surface area contributed by atoms with Gasteiger partial charge in [0, 0.05) is 56.1 Å². The van der Waals surface area contributed by atoms with Gasteiger partial charge in [-0.3, -0.25) is 9.69 Å². The summed E-state index contributed by atoms with van der Waals surface area (Å²) >= 11 is 6.51. The molecule has 3 aromatic rings. The zero-order valence-corrected chi connectivity index (χ0v) is 22.0. The molecule has 1 aliphatic rings. The Kier molecular flexibility index (Phi) is 9.50. The van der Waals surface area contributed by atoms with Gasteiger partial charge < -0.3 is 15.0 Å². The van der Waals surface area contributed by atoms with Gasteiger partial charge in [-0.15, -0.1) is 0 Å². The van der Waals surface area contributed by atoms with Crippen LogP contribution in [0.4, 0.5) is 5.82 Å². The van der Waals surface area contributed by atoms with E-state index in [-0.39, 0.29) is 11.9 Å². The van der Waals surface area contributed by atoms with Crippen molar-refractivity contribution in [2.45, 2.75) is 39.2 Å².